The molecule has 1 unspecified atom stereocenters. The fraction of sp³-hybridized carbons (Fsp3) is 0.765. The molecule has 0 bridgehead atoms. The minimum Gasteiger partial charge on any atom is -0.377 e. The van der Waals surface area contributed by atoms with Gasteiger partial charge >= 0.3 is 0 Å². The van der Waals surface area contributed by atoms with Crippen molar-refractivity contribution in [3.05, 3.63) is 23.9 Å². The van der Waals surface area contributed by atoms with E-state index in [0.717, 1.165) is 32.1 Å². The lowest BCUT2D eigenvalue weighted by Gasteiger charge is -2.25. The highest BCUT2D eigenvalue weighted by Crippen LogP contribution is 2.13. The lowest BCUT2D eigenvalue weighted by Crippen LogP contribution is -2.27. The number of allylic oxidation sites excluding steroid dienone is 1. The van der Waals surface area contributed by atoms with Gasteiger partial charge in [-0.3, -0.25) is 0 Å². The van der Waals surface area contributed by atoms with Gasteiger partial charge < -0.3 is 9.80 Å². The first-order valence-corrected chi connectivity index (χ1v) is 7.62. The molecule has 0 saturated carbocycles. The van der Waals surface area contributed by atoms with Crippen molar-refractivity contribution in [2.45, 2.75) is 41.5 Å². The van der Waals surface area contributed by atoms with E-state index in [-0.39, 0.29) is 0 Å². The summed E-state index contributed by atoms with van der Waals surface area (Å²) in [7, 11) is 2.19. The summed E-state index contributed by atoms with van der Waals surface area (Å²) in [5.41, 5.74) is 1.48. The summed E-state index contributed by atoms with van der Waals surface area (Å²) in [4.78, 5) is 4.81. The summed E-state index contributed by atoms with van der Waals surface area (Å²) in [6.45, 7) is 17.8. The van der Waals surface area contributed by atoms with Gasteiger partial charge in [-0.1, -0.05) is 38.5 Å². The van der Waals surface area contributed by atoms with Gasteiger partial charge in [0.05, 0.1) is 0 Å². The van der Waals surface area contributed by atoms with Crippen LogP contribution in [0.15, 0.2) is 23.9 Å². The SMILES string of the molecule is C/C=C/CN(C)CC(C)/C(C)=C\N(CC)CC(C)C. The minimum atomic E-state index is 0.608. The highest BCUT2D eigenvalue weighted by molar-refractivity contribution is 5.03. The van der Waals surface area contributed by atoms with E-state index in [9.17, 15) is 0 Å². The number of nitrogens with zero attached hydrogens (tertiary/aromatic N) is 2. The Morgan fingerprint density at radius 1 is 1.16 bits per heavy atom. The fourth-order valence-corrected chi connectivity index (χ4v) is 2.13. The maximum absolute atomic E-state index is 2.43. The standard InChI is InChI=1S/C17H34N2/c1-8-10-11-18(7)13-16(5)17(6)14-19(9-2)12-15(3)4/h8,10,14-16H,9,11-13H2,1-7H3/b10-8+,17-14-. The Bertz CT molecular complexity index is 279. The molecule has 0 heterocycles. The highest BCUT2D eigenvalue weighted by Gasteiger charge is 2.09. The summed E-state index contributed by atoms with van der Waals surface area (Å²) in [6, 6.07) is 0. The summed E-state index contributed by atoms with van der Waals surface area (Å²) in [5.74, 6) is 1.33. The zero-order chi connectivity index (χ0) is 14.8. The highest BCUT2D eigenvalue weighted by atomic mass is 15.1. The van der Waals surface area contributed by atoms with Crippen LogP contribution in [0.4, 0.5) is 0 Å². The van der Waals surface area contributed by atoms with E-state index in [4.69, 9.17) is 0 Å². The van der Waals surface area contributed by atoms with Crippen LogP contribution < -0.4 is 0 Å². The third-order valence-corrected chi connectivity index (χ3v) is 3.41. The second-order valence-corrected chi connectivity index (χ2v) is 6.05. The molecule has 0 aromatic carbocycles. The molecule has 0 aliphatic heterocycles. The maximum Gasteiger partial charge on any atom is 0.0195 e. The maximum atomic E-state index is 2.43. The average molecular weight is 266 g/mol. The largest absolute Gasteiger partial charge is 0.377 e. The molecule has 0 aliphatic carbocycles. The number of hydrogen-bond donors (Lipinski definition) is 0. The Hall–Kier alpha value is -0.760. The molecular formula is C17H34N2. The Morgan fingerprint density at radius 3 is 2.26 bits per heavy atom. The molecule has 2 heteroatoms. The second kappa shape index (κ2) is 10.1. The van der Waals surface area contributed by atoms with E-state index in [0.29, 0.717) is 5.92 Å². The molecule has 1 atom stereocenters. The van der Waals surface area contributed by atoms with Crippen molar-refractivity contribution in [1.82, 2.24) is 9.80 Å². The zero-order valence-electron chi connectivity index (χ0n) is 14.1. The van der Waals surface area contributed by atoms with Crippen molar-refractivity contribution in [3.63, 3.8) is 0 Å². The normalized spacial score (nSPS) is 14.7. The van der Waals surface area contributed by atoms with E-state index in [1.165, 1.54) is 5.57 Å². The lowest BCUT2D eigenvalue weighted by atomic mass is 10.0. The summed E-state index contributed by atoms with van der Waals surface area (Å²) < 4.78 is 0. The molecule has 0 N–H and O–H groups in total. The van der Waals surface area contributed by atoms with Crippen molar-refractivity contribution in [2.24, 2.45) is 11.8 Å². The number of rotatable bonds is 9. The van der Waals surface area contributed by atoms with Gasteiger partial charge in [-0.05, 0) is 45.9 Å². The fourth-order valence-electron chi connectivity index (χ4n) is 2.13. The zero-order valence-corrected chi connectivity index (χ0v) is 14.1. The molecule has 0 amide bonds. The van der Waals surface area contributed by atoms with Crippen LogP contribution in [0, 0.1) is 11.8 Å². The average Bonchev–Trinajstić information content (AvgIpc) is 2.34. The second-order valence-electron chi connectivity index (χ2n) is 6.05. The summed E-state index contributed by atoms with van der Waals surface area (Å²) in [5, 5.41) is 0. The van der Waals surface area contributed by atoms with Gasteiger partial charge in [0.15, 0.2) is 0 Å². The van der Waals surface area contributed by atoms with Crippen LogP contribution in [0.1, 0.15) is 41.5 Å². The first-order chi connectivity index (χ1) is 8.90. The van der Waals surface area contributed by atoms with Crippen molar-refractivity contribution in [1.29, 1.82) is 0 Å². The van der Waals surface area contributed by atoms with Crippen molar-refractivity contribution < 1.29 is 0 Å². The van der Waals surface area contributed by atoms with Crippen LogP contribution in [0.25, 0.3) is 0 Å². The molecule has 0 aromatic heterocycles. The van der Waals surface area contributed by atoms with Crippen molar-refractivity contribution in [2.75, 3.05) is 33.2 Å². The van der Waals surface area contributed by atoms with Crippen LogP contribution in [-0.2, 0) is 0 Å². The molecule has 2 nitrogen and oxygen atoms in total. The molecule has 19 heavy (non-hydrogen) atoms. The van der Waals surface area contributed by atoms with Crippen LogP contribution in [0.2, 0.25) is 0 Å². The first kappa shape index (κ1) is 18.2. The Morgan fingerprint density at radius 2 is 1.79 bits per heavy atom. The molecule has 0 radical (unpaired) electrons. The smallest absolute Gasteiger partial charge is 0.0195 e. The summed E-state index contributed by atoms with van der Waals surface area (Å²) >= 11 is 0. The molecule has 0 saturated heterocycles. The summed E-state index contributed by atoms with van der Waals surface area (Å²) in [6.07, 6.45) is 6.68. The van der Waals surface area contributed by atoms with Gasteiger partial charge in [-0.15, -0.1) is 0 Å². The van der Waals surface area contributed by atoms with E-state index < -0.39 is 0 Å². The molecular weight excluding hydrogens is 232 g/mol. The van der Waals surface area contributed by atoms with Crippen LogP contribution in [0.5, 0.6) is 0 Å². The topological polar surface area (TPSA) is 6.48 Å². The van der Waals surface area contributed by atoms with Crippen molar-refractivity contribution >= 4 is 0 Å². The van der Waals surface area contributed by atoms with E-state index >= 15 is 0 Å². The van der Waals surface area contributed by atoms with E-state index in [2.05, 4.69) is 76.7 Å². The molecule has 0 aliphatic rings. The van der Waals surface area contributed by atoms with Crippen LogP contribution in [-0.4, -0.2) is 43.0 Å². The van der Waals surface area contributed by atoms with Gasteiger partial charge in [0.25, 0.3) is 0 Å². The molecule has 0 fully saturated rings. The lowest BCUT2D eigenvalue weighted by molar-refractivity contribution is 0.318. The van der Waals surface area contributed by atoms with Gasteiger partial charge in [-0.25, -0.2) is 0 Å². The minimum absolute atomic E-state index is 0.608. The monoisotopic (exact) mass is 266 g/mol. The molecule has 0 spiro atoms. The van der Waals surface area contributed by atoms with Crippen LogP contribution >= 0.6 is 0 Å². The quantitative estimate of drug-likeness (QED) is 0.582. The molecule has 112 valence electrons. The third-order valence-electron chi connectivity index (χ3n) is 3.41. The van der Waals surface area contributed by atoms with Crippen molar-refractivity contribution in [3.8, 4) is 0 Å². The van der Waals surface area contributed by atoms with Gasteiger partial charge in [0.2, 0.25) is 0 Å². The first-order valence-electron chi connectivity index (χ1n) is 7.62. The Balaban J connectivity index is 4.39. The Labute approximate surface area is 121 Å². The predicted molar refractivity (Wildman–Crippen MR) is 87.3 cm³/mol. The van der Waals surface area contributed by atoms with Crippen LogP contribution in [0.3, 0.4) is 0 Å². The van der Waals surface area contributed by atoms with E-state index in [1.54, 1.807) is 0 Å². The third kappa shape index (κ3) is 8.88. The van der Waals surface area contributed by atoms with Gasteiger partial charge in [-0.2, -0.15) is 0 Å². The number of likely N-dealkylation sites (N-methyl/N-ethyl adjacent to an activating group) is 1. The Kier molecular flexibility index (Phi) is 9.68. The van der Waals surface area contributed by atoms with Gasteiger partial charge in [0, 0.05) is 26.2 Å². The molecule has 0 aromatic rings. The molecule has 0 rings (SSSR count). The predicted octanol–water partition coefficient (Wildman–Crippen LogP) is 4.01. The van der Waals surface area contributed by atoms with E-state index in [1.807, 2.05) is 0 Å². The number of hydrogen-bond acceptors (Lipinski definition) is 2. The van der Waals surface area contributed by atoms with Gasteiger partial charge in [0.1, 0.15) is 0 Å².